The van der Waals surface area contributed by atoms with E-state index in [1.807, 2.05) is 17.0 Å². The lowest BCUT2D eigenvalue weighted by Crippen LogP contribution is -2.32. The van der Waals surface area contributed by atoms with Gasteiger partial charge in [0.15, 0.2) is 0 Å². The number of carbonyl (C=O) groups excluding carboxylic acids is 1. The Balaban J connectivity index is 1.69. The normalized spacial score (nSPS) is 27.8. The summed E-state index contributed by atoms with van der Waals surface area (Å²) in [4.78, 5) is 17.4. The SMILES string of the molecule is CCc1ccc(C(=O)N2C[C@H](C3CC3)[C@@H](N)C2)[nH]1. The number of aromatic amines is 1. The molecule has 4 nitrogen and oxygen atoms in total. The van der Waals surface area contributed by atoms with Gasteiger partial charge in [-0.3, -0.25) is 4.79 Å². The van der Waals surface area contributed by atoms with Crippen LogP contribution in [-0.2, 0) is 6.42 Å². The summed E-state index contributed by atoms with van der Waals surface area (Å²) in [6.07, 6.45) is 3.52. The highest BCUT2D eigenvalue weighted by atomic mass is 16.2. The molecule has 3 rings (SSSR count). The number of H-pyrrole nitrogens is 1. The second kappa shape index (κ2) is 4.43. The zero-order chi connectivity index (χ0) is 12.7. The van der Waals surface area contributed by atoms with Crippen molar-refractivity contribution in [3.63, 3.8) is 0 Å². The van der Waals surface area contributed by atoms with E-state index in [9.17, 15) is 4.79 Å². The van der Waals surface area contributed by atoms with Gasteiger partial charge in [-0.1, -0.05) is 6.92 Å². The number of nitrogens with zero attached hydrogens (tertiary/aromatic N) is 1. The highest BCUT2D eigenvalue weighted by Crippen LogP contribution is 2.41. The van der Waals surface area contributed by atoms with E-state index in [4.69, 9.17) is 5.73 Å². The molecule has 1 amide bonds. The van der Waals surface area contributed by atoms with Crippen LogP contribution >= 0.6 is 0 Å². The van der Waals surface area contributed by atoms with Crippen molar-refractivity contribution < 1.29 is 4.79 Å². The summed E-state index contributed by atoms with van der Waals surface area (Å²) < 4.78 is 0. The Kier molecular flexibility index (Phi) is 2.90. The summed E-state index contributed by atoms with van der Waals surface area (Å²) in [7, 11) is 0. The van der Waals surface area contributed by atoms with E-state index in [1.165, 1.54) is 12.8 Å². The predicted octanol–water partition coefficient (Wildman–Crippen LogP) is 1.39. The zero-order valence-electron chi connectivity index (χ0n) is 10.9. The predicted molar refractivity (Wildman–Crippen MR) is 70.3 cm³/mol. The number of likely N-dealkylation sites (tertiary alicyclic amines) is 1. The van der Waals surface area contributed by atoms with E-state index in [2.05, 4.69) is 11.9 Å². The van der Waals surface area contributed by atoms with E-state index >= 15 is 0 Å². The number of nitrogens with one attached hydrogen (secondary N) is 1. The Labute approximate surface area is 108 Å². The van der Waals surface area contributed by atoms with Gasteiger partial charge in [-0.2, -0.15) is 0 Å². The van der Waals surface area contributed by atoms with Gasteiger partial charge in [-0.25, -0.2) is 0 Å². The van der Waals surface area contributed by atoms with E-state index < -0.39 is 0 Å². The van der Waals surface area contributed by atoms with Crippen LogP contribution < -0.4 is 5.73 Å². The standard InChI is InChI=1S/C14H21N3O/c1-2-10-5-6-13(16-10)14(18)17-7-11(9-3-4-9)12(15)8-17/h5-6,9,11-12,16H,2-4,7-8,15H2,1H3/t11-,12+/m1/s1. The second-order valence-corrected chi connectivity index (χ2v) is 5.63. The van der Waals surface area contributed by atoms with Crippen molar-refractivity contribution in [3.8, 4) is 0 Å². The van der Waals surface area contributed by atoms with E-state index in [0.717, 1.165) is 24.6 Å². The molecule has 1 aromatic rings. The number of aromatic nitrogens is 1. The molecule has 2 aliphatic rings. The van der Waals surface area contributed by atoms with Crippen molar-refractivity contribution in [1.29, 1.82) is 0 Å². The van der Waals surface area contributed by atoms with E-state index in [1.54, 1.807) is 0 Å². The van der Waals surface area contributed by atoms with E-state index in [-0.39, 0.29) is 11.9 Å². The van der Waals surface area contributed by atoms with Gasteiger partial charge >= 0.3 is 0 Å². The van der Waals surface area contributed by atoms with Gasteiger partial charge < -0.3 is 15.6 Å². The maximum atomic E-state index is 12.3. The minimum absolute atomic E-state index is 0.105. The number of carbonyl (C=O) groups is 1. The lowest BCUT2D eigenvalue weighted by molar-refractivity contribution is 0.0779. The first kappa shape index (κ1) is 11.8. The minimum Gasteiger partial charge on any atom is -0.354 e. The van der Waals surface area contributed by atoms with Crippen molar-refractivity contribution in [2.45, 2.75) is 32.2 Å². The first-order valence-corrected chi connectivity index (χ1v) is 6.91. The average molecular weight is 247 g/mol. The quantitative estimate of drug-likeness (QED) is 0.847. The molecule has 0 spiro atoms. The van der Waals surface area contributed by atoms with E-state index in [0.29, 0.717) is 18.2 Å². The summed E-state index contributed by atoms with van der Waals surface area (Å²) in [5.74, 6) is 1.40. The van der Waals surface area contributed by atoms with Crippen molar-refractivity contribution in [1.82, 2.24) is 9.88 Å². The Hall–Kier alpha value is -1.29. The maximum absolute atomic E-state index is 12.3. The fraction of sp³-hybridized carbons (Fsp3) is 0.643. The largest absolute Gasteiger partial charge is 0.354 e. The van der Waals surface area contributed by atoms with Crippen molar-refractivity contribution in [2.24, 2.45) is 17.6 Å². The molecule has 1 aliphatic carbocycles. The van der Waals surface area contributed by atoms with Crippen LogP contribution in [0.3, 0.4) is 0 Å². The first-order chi connectivity index (χ1) is 8.69. The van der Waals surface area contributed by atoms with Crippen LogP contribution in [0.1, 0.15) is 35.9 Å². The monoisotopic (exact) mass is 247 g/mol. The lowest BCUT2D eigenvalue weighted by Gasteiger charge is -2.15. The Morgan fingerprint density at radius 2 is 2.22 bits per heavy atom. The van der Waals surface area contributed by atoms with Crippen LogP contribution in [0.15, 0.2) is 12.1 Å². The molecular weight excluding hydrogens is 226 g/mol. The summed E-state index contributed by atoms with van der Waals surface area (Å²) in [5.41, 5.74) is 7.97. The van der Waals surface area contributed by atoms with Crippen LogP contribution in [0.25, 0.3) is 0 Å². The number of aryl methyl sites for hydroxylation is 1. The zero-order valence-corrected chi connectivity index (χ0v) is 10.9. The first-order valence-electron chi connectivity index (χ1n) is 6.91. The lowest BCUT2D eigenvalue weighted by atomic mass is 9.99. The molecule has 1 saturated heterocycles. The third-order valence-electron chi connectivity index (χ3n) is 4.28. The molecule has 0 aromatic carbocycles. The maximum Gasteiger partial charge on any atom is 0.270 e. The number of hydrogen-bond acceptors (Lipinski definition) is 2. The molecule has 1 aromatic heterocycles. The molecule has 4 heteroatoms. The van der Waals surface area contributed by atoms with Gasteiger partial charge in [-0.05, 0) is 43.2 Å². The fourth-order valence-corrected chi connectivity index (χ4v) is 2.98. The van der Waals surface area contributed by atoms with Gasteiger partial charge in [0.25, 0.3) is 5.91 Å². The highest BCUT2D eigenvalue weighted by molar-refractivity contribution is 5.92. The summed E-state index contributed by atoms with van der Waals surface area (Å²) in [6, 6.07) is 4.04. The Morgan fingerprint density at radius 3 is 2.83 bits per heavy atom. The molecule has 0 bridgehead atoms. The van der Waals surface area contributed by atoms with Crippen LogP contribution in [0, 0.1) is 11.8 Å². The molecule has 1 saturated carbocycles. The Bertz CT molecular complexity index is 450. The van der Waals surface area contributed by atoms with Gasteiger partial charge in [0.05, 0.1) is 0 Å². The molecule has 2 atom stereocenters. The smallest absolute Gasteiger partial charge is 0.270 e. The number of rotatable bonds is 3. The molecular formula is C14H21N3O. The van der Waals surface area contributed by atoms with Crippen molar-refractivity contribution >= 4 is 5.91 Å². The third-order valence-corrected chi connectivity index (χ3v) is 4.28. The van der Waals surface area contributed by atoms with Crippen LogP contribution in [0.2, 0.25) is 0 Å². The fourth-order valence-electron chi connectivity index (χ4n) is 2.98. The Morgan fingerprint density at radius 1 is 1.44 bits per heavy atom. The average Bonchev–Trinajstić information content (AvgIpc) is 2.97. The summed E-state index contributed by atoms with van der Waals surface area (Å²) >= 11 is 0. The molecule has 18 heavy (non-hydrogen) atoms. The third kappa shape index (κ3) is 2.05. The van der Waals surface area contributed by atoms with Gasteiger partial charge in [0.2, 0.25) is 0 Å². The number of amides is 1. The van der Waals surface area contributed by atoms with Crippen molar-refractivity contribution in [3.05, 3.63) is 23.5 Å². The van der Waals surface area contributed by atoms with Gasteiger partial charge in [0.1, 0.15) is 5.69 Å². The second-order valence-electron chi connectivity index (χ2n) is 5.63. The van der Waals surface area contributed by atoms with Crippen LogP contribution in [-0.4, -0.2) is 34.9 Å². The molecule has 0 unspecified atom stereocenters. The number of hydrogen-bond donors (Lipinski definition) is 2. The molecule has 98 valence electrons. The molecule has 2 fully saturated rings. The minimum atomic E-state index is 0.105. The summed E-state index contributed by atoms with van der Waals surface area (Å²) in [6.45, 7) is 3.63. The van der Waals surface area contributed by atoms with Crippen LogP contribution in [0.5, 0.6) is 0 Å². The molecule has 0 radical (unpaired) electrons. The molecule has 2 heterocycles. The summed E-state index contributed by atoms with van der Waals surface area (Å²) in [5, 5.41) is 0. The number of nitrogens with two attached hydrogens (primary N) is 1. The molecule has 3 N–H and O–H groups in total. The highest BCUT2D eigenvalue weighted by Gasteiger charge is 2.42. The van der Waals surface area contributed by atoms with Gasteiger partial charge in [-0.15, -0.1) is 0 Å². The van der Waals surface area contributed by atoms with Crippen LogP contribution in [0.4, 0.5) is 0 Å². The van der Waals surface area contributed by atoms with Crippen molar-refractivity contribution in [2.75, 3.05) is 13.1 Å². The molecule has 1 aliphatic heterocycles. The topological polar surface area (TPSA) is 62.1 Å². The van der Waals surface area contributed by atoms with Gasteiger partial charge in [0, 0.05) is 24.8 Å².